The summed E-state index contributed by atoms with van der Waals surface area (Å²) in [5, 5.41) is 0. The van der Waals surface area contributed by atoms with Crippen molar-refractivity contribution >= 4 is 29.4 Å². The number of carbonyl (C=O) groups is 3. The number of para-hydroxylation sites is 1. The van der Waals surface area contributed by atoms with E-state index in [1.165, 1.54) is 26.0 Å². The fourth-order valence-electron chi connectivity index (χ4n) is 3.30. The molecule has 6 heteroatoms. The number of benzene rings is 2. The van der Waals surface area contributed by atoms with Crippen LogP contribution < -0.4 is 9.64 Å². The van der Waals surface area contributed by atoms with Gasteiger partial charge in [-0.05, 0) is 38.1 Å². The van der Waals surface area contributed by atoms with Crippen molar-refractivity contribution in [1.82, 2.24) is 0 Å². The molecule has 0 unspecified atom stereocenters. The Labute approximate surface area is 169 Å². The molecule has 0 saturated heterocycles. The van der Waals surface area contributed by atoms with Crippen molar-refractivity contribution < 1.29 is 23.9 Å². The average molecular weight is 391 g/mol. The van der Waals surface area contributed by atoms with E-state index in [0.29, 0.717) is 28.3 Å². The summed E-state index contributed by atoms with van der Waals surface area (Å²) in [6.45, 7) is 3.13. The second-order valence-electron chi connectivity index (χ2n) is 6.50. The molecule has 0 saturated carbocycles. The first-order valence-electron chi connectivity index (χ1n) is 8.98. The van der Waals surface area contributed by atoms with Gasteiger partial charge in [-0.1, -0.05) is 30.3 Å². The largest absolute Gasteiger partial charge is 0.496 e. The molecule has 0 spiro atoms. The van der Waals surface area contributed by atoms with E-state index in [9.17, 15) is 14.4 Å². The van der Waals surface area contributed by atoms with E-state index in [4.69, 9.17) is 9.47 Å². The molecule has 0 N–H and O–H groups in total. The van der Waals surface area contributed by atoms with Crippen LogP contribution >= 0.6 is 0 Å². The summed E-state index contributed by atoms with van der Waals surface area (Å²) >= 11 is 0. The van der Waals surface area contributed by atoms with Crippen molar-refractivity contribution in [3.63, 3.8) is 0 Å². The maximum absolute atomic E-state index is 13.3. The van der Waals surface area contributed by atoms with Gasteiger partial charge in [0.25, 0.3) is 5.91 Å². The van der Waals surface area contributed by atoms with Crippen LogP contribution in [0.5, 0.6) is 5.75 Å². The molecule has 0 atom stereocenters. The lowest BCUT2D eigenvalue weighted by atomic mass is 10.0. The van der Waals surface area contributed by atoms with Gasteiger partial charge in [0.05, 0.1) is 25.4 Å². The van der Waals surface area contributed by atoms with E-state index in [-0.39, 0.29) is 22.8 Å². The molecule has 29 heavy (non-hydrogen) atoms. The molecular formula is C23H21NO5. The maximum Gasteiger partial charge on any atom is 0.340 e. The number of allylic oxidation sites excluding steroid dienone is 1. The van der Waals surface area contributed by atoms with E-state index in [1.807, 2.05) is 12.1 Å². The molecule has 1 heterocycles. The number of carbonyl (C=O) groups excluding carboxylic acids is 3. The zero-order valence-electron chi connectivity index (χ0n) is 16.7. The van der Waals surface area contributed by atoms with E-state index in [2.05, 4.69) is 0 Å². The monoisotopic (exact) mass is 391 g/mol. The number of hydrogen-bond donors (Lipinski definition) is 0. The molecule has 148 valence electrons. The summed E-state index contributed by atoms with van der Waals surface area (Å²) < 4.78 is 10.3. The third-order valence-corrected chi connectivity index (χ3v) is 4.74. The lowest BCUT2D eigenvalue weighted by molar-refractivity contribution is -0.136. The Morgan fingerprint density at radius 2 is 1.76 bits per heavy atom. The summed E-state index contributed by atoms with van der Waals surface area (Å²) in [6.07, 6.45) is 1.62. The van der Waals surface area contributed by atoms with Crippen LogP contribution in [0.4, 0.5) is 5.69 Å². The van der Waals surface area contributed by atoms with Crippen LogP contribution in [0.3, 0.4) is 0 Å². The molecule has 3 rings (SSSR count). The number of anilines is 1. The molecule has 2 aromatic rings. The molecule has 0 bridgehead atoms. The van der Waals surface area contributed by atoms with Gasteiger partial charge in [0.2, 0.25) is 0 Å². The first-order chi connectivity index (χ1) is 13.9. The lowest BCUT2D eigenvalue weighted by Crippen LogP contribution is -2.24. The molecule has 0 aliphatic carbocycles. The standard InChI is InChI=1S/C23H21NO5/c1-14-21(23(27)29-4)19(13-17-8-5-6-11-20(17)28-3)22(26)24(14)18-10-7-9-16(12-18)15(2)25/h5-13H,1-4H3/b19-13-. The van der Waals surface area contributed by atoms with Crippen molar-refractivity contribution in [1.29, 1.82) is 0 Å². The zero-order valence-corrected chi connectivity index (χ0v) is 16.7. The normalized spacial score (nSPS) is 15.1. The van der Waals surface area contributed by atoms with E-state index >= 15 is 0 Å². The molecule has 6 nitrogen and oxygen atoms in total. The van der Waals surface area contributed by atoms with Crippen LogP contribution in [-0.2, 0) is 14.3 Å². The Hall–Kier alpha value is -3.67. The predicted octanol–water partition coefficient (Wildman–Crippen LogP) is 3.78. The summed E-state index contributed by atoms with van der Waals surface area (Å²) in [5.41, 5.74) is 2.45. The average Bonchev–Trinajstić information content (AvgIpc) is 2.97. The maximum atomic E-state index is 13.3. The van der Waals surface area contributed by atoms with Gasteiger partial charge >= 0.3 is 5.97 Å². The Balaban J connectivity index is 2.17. The number of rotatable bonds is 5. The highest BCUT2D eigenvalue weighted by Crippen LogP contribution is 2.36. The van der Waals surface area contributed by atoms with E-state index in [0.717, 1.165) is 0 Å². The topological polar surface area (TPSA) is 72.9 Å². The smallest absolute Gasteiger partial charge is 0.340 e. The lowest BCUT2D eigenvalue weighted by Gasteiger charge is -2.18. The van der Waals surface area contributed by atoms with Crippen LogP contribution in [-0.4, -0.2) is 31.9 Å². The summed E-state index contributed by atoms with van der Waals surface area (Å²) in [7, 11) is 2.81. The minimum absolute atomic E-state index is 0.113. The van der Waals surface area contributed by atoms with Gasteiger partial charge in [-0.2, -0.15) is 0 Å². The Bertz CT molecular complexity index is 1060. The van der Waals surface area contributed by atoms with Crippen molar-refractivity contribution in [2.75, 3.05) is 19.1 Å². The van der Waals surface area contributed by atoms with Crippen molar-refractivity contribution in [3.8, 4) is 5.75 Å². The van der Waals surface area contributed by atoms with Crippen LogP contribution in [0.2, 0.25) is 0 Å². The summed E-state index contributed by atoms with van der Waals surface area (Å²) in [4.78, 5) is 39.0. The molecule has 0 fully saturated rings. The Kier molecular flexibility index (Phi) is 5.64. The van der Waals surface area contributed by atoms with Crippen molar-refractivity contribution in [2.45, 2.75) is 13.8 Å². The number of nitrogens with zero attached hydrogens (tertiary/aromatic N) is 1. The van der Waals surface area contributed by atoms with Crippen LogP contribution in [0.15, 0.2) is 65.4 Å². The van der Waals surface area contributed by atoms with Gasteiger partial charge in [-0.25, -0.2) is 4.79 Å². The van der Waals surface area contributed by atoms with Crippen molar-refractivity contribution in [2.24, 2.45) is 0 Å². The molecule has 1 amide bonds. The van der Waals surface area contributed by atoms with Gasteiger partial charge < -0.3 is 9.47 Å². The molecule has 1 aliphatic heterocycles. The molecule has 0 radical (unpaired) electrons. The number of ketones is 1. The third kappa shape index (κ3) is 3.69. The SMILES string of the molecule is COC(=O)C1=C(C)N(c2cccc(C(C)=O)c2)C(=O)/C1=C\c1ccccc1OC. The van der Waals surface area contributed by atoms with Gasteiger partial charge in [-0.15, -0.1) is 0 Å². The minimum atomic E-state index is -0.609. The molecule has 2 aromatic carbocycles. The fraction of sp³-hybridized carbons (Fsp3) is 0.174. The number of amides is 1. The number of ether oxygens (including phenoxy) is 2. The van der Waals surface area contributed by atoms with Crippen molar-refractivity contribution in [3.05, 3.63) is 76.5 Å². The quantitative estimate of drug-likeness (QED) is 0.441. The third-order valence-electron chi connectivity index (χ3n) is 4.74. The van der Waals surface area contributed by atoms with Gasteiger partial charge in [0, 0.05) is 22.5 Å². The summed E-state index contributed by atoms with van der Waals surface area (Å²) in [5.74, 6) is -0.526. The van der Waals surface area contributed by atoms with Crippen LogP contribution in [0.1, 0.15) is 29.8 Å². The Morgan fingerprint density at radius 1 is 1.03 bits per heavy atom. The Morgan fingerprint density at radius 3 is 2.41 bits per heavy atom. The number of hydrogen-bond acceptors (Lipinski definition) is 5. The second-order valence-corrected chi connectivity index (χ2v) is 6.50. The van der Waals surface area contributed by atoms with E-state index < -0.39 is 5.97 Å². The zero-order chi connectivity index (χ0) is 21.1. The first kappa shape index (κ1) is 20.1. The summed E-state index contributed by atoms with van der Waals surface area (Å²) in [6, 6.07) is 13.9. The van der Waals surface area contributed by atoms with Crippen LogP contribution in [0.25, 0.3) is 6.08 Å². The number of esters is 1. The highest BCUT2D eigenvalue weighted by atomic mass is 16.5. The van der Waals surface area contributed by atoms with E-state index in [1.54, 1.807) is 49.4 Å². The molecule has 0 aromatic heterocycles. The molecule has 1 aliphatic rings. The number of Topliss-reactive ketones (excluding diaryl/α,β-unsaturated/α-hetero) is 1. The van der Waals surface area contributed by atoms with Crippen LogP contribution in [0, 0.1) is 0 Å². The molecular weight excluding hydrogens is 370 g/mol. The highest BCUT2D eigenvalue weighted by Gasteiger charge is 2.38. The van der Waals surface area contributed by atoms with Gasteiger partial charge in [-0.3, -0.25) is 14.5 Å². The highest BCUT2D eigenvalue weighted by molar-refractivity contribution is 6.24. The minimum Gasteiger partial charge on any atom is -0.496 e. The van der Waals surface area contributed by atoms with Gasteiger partial charge in [0.15, 0.2) is 5.78 Å². The number of methoxy groups -OCH3 is 2. The van der Waals surface area contributed by atoms with Gasteiger partial charge in [0.1, 0.15) is 5.75 Å². The predicted molar refractivity (Wildman–Crippen MR) is 110 cm³/mol. The first-order valence-corrected chi connectivity index (χ1v) is 8.98. The second kappa shape index (κ2) is 8.14. The fourth-order valence-corrected chi connectivity index (χ4v) is 3.30.